The molecule has 1 aliphatic rings. The van der Waals surface area contributed by atoms with Gasteiger partial charge in [-0.25, -0.2) is 9.97 Å². The molecule has 0 saturated carbocycles. The molecule has 1 unspecified atom stereocenters. The molecule has 0 bridgehead atoms. The molecule has 4 nitrogen and oxygen atoms in total. The lowest BCUT2D eigenvalue weighted by molar-refractivity contribution is 0.162. The fourth-order valence-corrected chi connectivity index (χ4v) is 4.32. The lowest BCUT2D eigenvalue weighted by Crippen LogP contribution is -2.38. The van der Waals surface area contributed by atoms with Gasteiger partial charge in [0.25, 0.3) is 0 Å². The number of aromatic nitrogens is 3. The van der Waals surface area contributed by atoms with E-state index in [0.717, 1.165) is 46.4 Å². The van der Waals surface area contributed by atoms with Crippen LogP contribution in [0.25, 0.3) is 27.6 Å². The Kier molecular flexibility index (Phi) is 3.86. The first kappa shape index (κ1) is 15.8. The summed E-state index contributed by atoms with van der Waals surface area (Å²) in [6.45, 7) is 4.63. The molecular weight excluding hydrogens is 320 g/mol. The number of hydrogen-bond acceptors (Lipinski definition) is 3. The third kappa shape index (κ3) is 2.56. The van der Waals surface area contributed by atoms with Crippen molar-refractivity contribution in [3.63, 3.8) is 0 Å². The van der Waals surface area contributed by atoms with Crippen molar-refractivity contribution in [2.75, 3.05) is 13.1 Å². The summed E-state index contributed by atoms with van der Waals surface area (Å²) in [6.07, 6.45) is 4.95. The van der Waals surface area contributed by atoms with Crippen LogP contribution in [0, 0.1) is 0 Å². The van der Waals surface area contributed by atoms with Gasteiger partial charge in [-0.2, -0.15) is 0 Å². The first-order valence-electron chi connectivity index (χ1n) is 9.70. The largest absolute Gasteiger partial charge is 0.300 e. The maximum Gasteiger partial charge on any atom is 0.148 e. The predicted octanol–water partition coefficient (Wildman–Crippen LogP) is 4.45. The minimum atomic E-state index is 0.680. The Morgan fingerprint density at radius 1 is 0.962 bits per heavy atom. The molecule has 1 aliphatic heterocycles. The Morgan fingerprint density at radius 3 is 2.65 bits per heavy atom. The Hall–Kier alpha value is -2.46. The van der Waals surface area contributed by atoms with Gasteiger partial charge in [-0.1, -0.05) is 30.7 Å². The molecule has 5 rings (SSSR count). The third-order valence-electron chi connectivity index (χ3n) is 5.78. The molecule has 1 saturated heterocycles. The molecule has 3 heterocycles. The van der Waals surface area contributed by atoms with Crippen LogP contribution in [0.5, 0.6) is 0 Å². The maximum atomic E-state index is 5.03. The molecular formula is C22H24N4. The number of rotatable bonds is 3. The van der Waals surface area contributed by atoms with Gasteiger partial charge in [-0.05, 0) is 50.6 Å². The summed E-state index contributed by atoms with van der Waals surface area (Å²) in [6, 6.07) is 17.4. The van der Waals surface area contributed by atoms with Crippen LogP contribution >= 0.6 is 0 Å². The van der Waals surface area contributed by atoms with Crippen LogP contribution in [0.4, 0.5) is 0 Å². The summed E-state index contributed by atoms with van der Waals surface area (Å²) in [7, 11) is 0. The number of piperidine rings is 1. The van der Waals surface area contributed by atoms with Crippen molar-refractivity contribution in [3.05, 3.63) is 54.4 Å². The summed E-state index contributed by atoms with van der Waals surface area (Å²) in [5.74, 6) is 1.12. The van der Waals surface area contributed by atoms with E-state index in [2.05, 4.69) is 64.8 Å². The molecule has 0 spiro atoms. The highest BCUT2D eigenvalue weighted by atomic mass is 15.2. The zero-order valence-electron chi connectivity index (χ0n) is 15.2. The van der Waals surface area contributed by atoms with Gasteiger partial charge in [-0.3, -0.25) is 4.40 Å². The zero-order valence-corrected chi connectivity index (χ0v) is 15.2. The average Bonchev–Trinajstić information content (AvgIpc) is 3.07. The summed E-state index contributed by atoms with van der Waals surface area (Å²) in [5, 5.41) is 1.12. The highest BCUT2D eigenvalue weighted by Crippen LogP contribution is 2.25. The molecule has 4 heteroatoms. The first-order valence-corrected chi connectivity index (χ1v) is 9.70. The Bertz CT molecular complexity index is 1080. The van der Waals surface area contributed by atoms with E-state index < -0.39 is 0 Å². The first-order chi connectivity index (χ1) is 12.8. The number of nitrogens with zero attached hydrogens (tertiary/aromatic N) is 4. The number of imidazole rings is 1. The summed E-state index contributed by atoms with van der Waals surface area (Å²) >= 11 is 0. The van der Waals surface area contributed by atoms with Crippen molar-refractivity contribution in [2.45, 2.75) is 38.6 Å². The number of benzene rings is 2. The van der Waals surface area contributed by atoms with Crippen molar-refractivity contribution >= 4 is 27.6 Å². The SMILES string of the molecule is CC1CCCCN1CCc1nc2ccccc2c2nc3ccccc3n12. The van der Waals surface area contributed by atoms with Crippen molar-refractivity contribution in [3.8, 4) is 0 Å². The molecule has 4 aromatic rings. The fourth-order valence-electron chi connectivity index (χ4n) is 4.32. The monoisotopic (exact) mass is 344 g/mol. The highest BCUT2D eigenvalue weighted by molar-refractivity contribution is 5.96. The highest BCUT2D eigenvalue weighted by Gasteiger charge is 2.19. The van der Waals surface area contributed by atoms with Crippen molar-refractivity contribution < 1.29 is 0 Å². The van der Waals surface area contributed by atoms with Gasteiger partial charge in [0.15, 0.2) is 0 Å². The van der Waals surface area contributed by atoms with Crippen LogP contribution in [0.2, 0.25) is 0 Å². The van der Waals surface area contributed by atoms with Crippen LogP contribution < -0.4 is 0 Å². The van der Waals surface area contributed by atoms with Gasteiger partial charge in [0.2, 0.25) is 0 Å². The number of likely N-dealkylation sites (tertiary alicyclic amines) is 1. The van der Waals surface area contributed by atoms with Crippen LogP contribution in [0.15, 0.2) is 48.5 Å². The molecule has 2 aromatic carbocycles. The second-order valence-electron chi connectivity index (χ2n) is 7.44. The molecule has 1 atom stereocenters. The quantitative estimate of drug-likeness (QED) is 0.550. The van der Waals surface area contributed by atoms with Crippen LogP contribution in [-0.2, 0) is 6.42 Å². The Balaban J connectivity index is 1.64. The molecule has 2 aromatic heterocycles. The van der Waals surface area contributed by atoms with E-state index in [1.165, 1.54) is 25.8 Å². The van der Waals surface area contributed by atoms with Crippen molar-refractivity contribution in [1.82, 2.24) is 19.3 Å². The topological polar surface area (TPSA) is 33.4 Å². The average molecular weight is 344 g/mol. The van der Waals surface area contributed by atoms with Gasteiger partial charge in [-0.15, -0.1) is 0 Å². The van der Waals surface area contributed by atoms with E-state index in [1.807, 2.05) is 0 Å². The van der Waals surface area contributed by atoms with Gasteiger partial charge in [0.1, 0.15) is 11.5 Å². The smallest absolute Gasteiger partial charge is 0.148 e. The van der Waals surface area contributed by atoms with Gasteiger partial charge in [0.05, 0.1) is 16.6 Å². The van der Waals surface area contributed by atoms with Gasteiger partial charge < -0.3 is 4.90 Å². The number of para-hydroxylation sites is 3. The molecule has 0 amide bonds. The molecule has 1 fully saturated rings. The van der Waals surface area contributed by atoms with Crippen molar-refractivity contribution in [2.24, 2.45) is 0 Å². The van der Waals surface area contributed by atoms with E-state index >= 15 is 0 Å². The number of hydrogen-bond donors (Lipinski definition) is 0. The van der Waals surface area contributed by atoms with Crippen molar-refractivity contribution in [1.29, 1.82) is 0 Å². The van der Waals surface area contributed by atoms with E-state index in [0.29, 0.717) is 6.04 Å². The second-order valence-corrected chi connectivity index (χ2v) is 7.44. The second kappa shape index (κ2) is 6.36. The summed E-state index contributed by atoms with van der Waals surface area (Å²) < 4.78 is 2.27. The lowest BCUT2D eigenvalue weighted by atomic mass is 10.0. The molecule has 132 valence electrons. The fraction of sp³-hybridized carbons (Fsp3) is 0.364. The summed E-state index contributed by atoms with van der Waals surface area (Å²) in [5.41, 5.74) is 4.26. The normalized spacial score (nSPS) is 18.9. The Morgan fingerprint density at radius 2 is 1.77 bits per heavy atom. The molecule has 0 aliphatic carbocycles. The Labute approximate surface area is 153 Å². The van der Waals surface area contributed by atoms with Crippen LogP contribution in [0.3, 0.4) is 0 Å². The summed E-state index contributed by atoms with van der Waals surface area (Å²) in [4.78, 5) is 12.6. The van der Waals surface area contributed by atoms with Crippen LogP contribution in [-0.4, -0.2) is 38.4 Å². The van der Waals surface area contributed by atoms with E-state index in [4.69, 9.17) is 9.97 Å². The molecule has 0 radical (unpaired) electrons. The zero-order chi connectivity index (χ0) is 17.5. The van der Waals surface area contributed by atoms with E-state index in [1.54, 1.807) is 0 Å². The van der Waals surface area contributed by atoms with Gasteiger partial charge >= 0.3 is 0 Å². The molecule has 0 N–H and O–H groups in total. The van der Waals surface area contributed by atoms with E-state index in [9.17, 15) is 0 Å². The predicted molar refractivity (Wildman–Crippen MR) is 107 cm³/mol. The minimum Gasteiger partial charge on any atom is -0.300 e. The minimum absolute atomic E-state index is 0.680. The lowest BCUT2D eigenvalue weighted by Gasteiger charge is -2.33. The maximum absolute atomic E-state index is 5.03. The third-order valence-corrected chi connectivity index (χ3v) is 5.78. The standard InChI is InChI=1S/C22H24N4/c1-16-8-6-7-14-25(16)15-13-21-23-18-10-3-2-9-17(18)22-24-19-11-4-5-12-20(19)26(21)22/h2-5,9-12,16H,6-8,13-15H2,1H3. The van der Waals surface area contributed by atoms with Crippen LogP contribution in [0.1, 0.15) is 32.0 Å². The van der Waals surface area contributed by atoms with Gasteiger partial charge in [0, 0.05) is 24.4 Å². The number of fused-ring (bicyclic) bond motifs is 5. The molecule has 26 heavy (non-hydrogen) atoms. The van der Waals surface area contributed by atoms with E-state index in [-0.39, 0.29) is 0 Å².